The van der Waals surface area contributed by atoms with Crippen molar-refractivity contribution in [1.82, 2.24) is 14.3 Å². The number of nitrogen functional groups attached to an aromatic ring is 1. The summed E-state index contributed by atoms with van der Waals surface area (Å²) in [6, 6.07) is 9.52. The Hall–Kier alpha value is -1.75. The normalized spacial score (nSPS) is 18.5. The Kier molecular flexibility index (Phi) is 4.82. The van der Waals surface area contributed by atoms with Gasteiger partial charge in [0.15, 0.2) is 0 Å². The minimum absolute atomic E-state index is 0.540. The zero-order valence-electron chi connectivity index (χ0n) is 14.8. The van der Waals surface area contributed by atoms with Gasteiger partial charge in [-0.2, -0.15) is 0 Å². The van der Waals surface area contributed by atoms with E-state index in [0.29, 0.717) is 10.0 Å². The van der Waals surface area contributed by atoms with Crippen LogP contribution < -0.4 is 5.73 Å². The maximum Gasteiger partial charge on any atom is 0.137 e. The fourth-order valence-electron chi connectivity index (χ4n) is 3.78. The molecule has 6 heteroatoms. The topological polar surface area (TPSA) is 46.6 Å². The van der Waals surface area contributed by atoms with Crippen molar-refractivity contribution in [1.29, 1.82) is 0 Å². The Balaban J connectivity index is 1.82. The molecule has 4 nitrogen and oxygen atoms in total. The summed E-state index contributed by atoms with van der Waals surface area (Å²) in [5.74, 6) is 0.724. The smallest absolute Gasteiger partial charge is 0.137 e. The first-order valence-corrected chi connectivity index (χ1v) is 9.71. The predicted octanol–water partition coefficient (Wildman–Crippen LogP) is 5.12. The Morgan fingerprint density at radius 3 is 2.81 bits per heavy atom. The quantitative estimate of drug-likeness (QED) is 0.676. The Morgan fingerprint density at radius 2 is 2.04 bits per heavy atom. The lowest BCUT2D eigenvalue weighted by Crippen LogP contribution is -2.34. The molecule has 26 heavy (non-hydrogen) atoms. The summed E-state index contributed by atoms with van der Waals surface area (Å²) in [5, 5.41) is 1.09. The molecule has 3 aromatic rings. The van der Waals surface area contributed by atoms with Crippen LogP contribution in [-0.4, -0.2) is 27.4 Å². The van der Waals surface area contributed by atoms with Gasteiger partial charge >= 0.3 is 0 Å². The number of anilines is 1. The Morgan fingerprint density at radius 1 is 1.19 bits per heavy atom. The van der Waals surface area contributed by atoms with Gasteiger partial charge in [0, 0.05) is 30.5 Å². The van der Waals surface area contributed by atoms with Crippen molar-refractivity contribution in [3.63, 3.8) is 0 Å². The summed E-state index contributed by atoms with van der Waals surface area (Å²) >= 11 is 12.4. The van der Waals surface area contributed by atoms with Gasteiger partial charge in [0.1, 0.15) is 5.65 Å². The molecule has 1 saturated heterocycles. The van der Waals surface area contributed by atoms with E-state index in [1.165, 1.54) is 12.8 Å². The highest BCUT2D eigenvalue weighted by molar-refractivity contribution is 6.42. The molecule has 4 rings (SSSR count). The lowest BCUT2D eigenvalue weighted by molar-refractivity contribution is 0.174. The van der Waals surface area contributed by atoms with Crippen LogP contribution in [0.1, 0.15) is 25.5 Å². The van der Waals surface area contributed by atoms with Crippen LogP contribution in [0.15, 0.2) is 36.5 Å². The van der Waals surface area contributed by atoms with Crippen molar-refractivity contribution in [2.45, 2.75) is 26.3 Å². The van der Waals surface area contributed by atoms with Gasteiger partial charge in [0.2, 0.25) is 0 Å². The fourth-order valence-corrected chi connectivity index (χ4v) is 4.08. The molecule has 0 spiro atoms. The van der Waals surface area contributed by atoms with E-state index in [0.717, 1.165) is 53.8 Å². The van der Waals surface area contributed by atoms with Crippen molar-refractivity contribution in [3.05, 3.63) is 52.3 Å². The lowest BCUT2D eigenvalue weighted by Gasteiger charge is -2.30. The molecule has 0 saturated carbocycles. The average molecular weight is 389 g/mol. The van der Waals surface area contributed by atoms with Crippen LogP contribution in [0.4, 0.5) is 5.69 Å². The van der Waals surface area contributed by atoms with Crippen LogP contribution in [0.5, 0.6) is 0 Å². The number of imidazole rings is 1. The Bertz CT molecular complexity index is 950. The van der Waals surface area contributed by atoms with Crippen LogP contribution in [0, 0.1) is 5.92 Å². The number of nitrogens with zero attached hydrogens (tertiary/aromatic N) is 3. The molecule has 1 aliphatic rings. The van der Waals surface area contributed by atoms with Gasteiger partial charge in [0.05, 0.1) is 21.4 Å². The van der Waals surface area contributed by atoms with Gasteiger partial charge in [-0.25, -0.2) is 4.98 Å². The minimum Gasteiger partial charge on any atom is -0.398 e. The fraction of sp³-hybridized carbons (Fsp3) is 0.350. The number of nitrogens with two attached hydrogens (primary N) is 1. The van der Waals surface area contributed by atoms with Crippen LogP contribution in [0.25, 0.3) is 16.9 Å². The Labute approximate surface area is 163 Å². The molecule has 0 amide bonds. The molecule has 2 aromatic heterocycles. The third kappa shape index (κ3) is 3.41. The van der Waals surface area contributed by atoms with Crippen molar-refractivity contribution >= 4 is 34.5 Å². The summed E-state index contributed by atoms with van der Waals surface area (Å²) < 4.78 is 2.10. The van der Waals surface area contributed by atoms with E-state index in [9.17, 15) is 0 Å². The van der Waals surface area contributed by atoms with Crippen LogP contribution >= 0.6 is 23.2 Å². The number of piperidine rings is 1. The third-order valence-corrected chi connectivity index (χ3v) is 5.79. The largest absolute Gasteiger partial charge is 0.398 e. The summed E-state index contributed by atoms with van der Waals surface area (Å²) in [5.41, 5.74) is 10.7. The second-order valence-electron chi connectivity index (χ2n) is 7.21. The van der Waals surface area contributed by atoms with E-state index in [1.807, 2.05) is 36.5 Å². The standard InChI is InChI=1S/C20H22Cl2N4/c1-13-3-2-8-25(10-13)12-18-20(14-4-6-16(21)17(22)9-14)24-19-7-5-15(23)11-26(18)19/h4-7,9,11,13H,2-3,8,10,12,23H2,1H3. The number of hydrogen-bond acceptors (Lipinski definition) is 3. The van der Waals surface area contributed by atoms with Gasteiger partial charge in [-0.1, -0.05) is 36.2 Å². The zero-order valence-corrected chi connectivity index (χ0v) is 16.3. The average Bonchev–Trinajstić information content (AvgIpc) is 2.95. The lowest BCUT2D eigenvalue weighted by atomic mass is 10.00. The van der Waals surface area contributed by atoms with Gasteiger partial charge in [-0.15, -0.1) is 0 Å². The summed E-state index contributed by atoms with van der Waals surface area (Å²) in [6.45, 7) is 5.38. The van der Waals surface area contributed by atoms with E-state index >= 15 is 0 Å². The first-order chi connectivity index (χ1) is 12.5. The monoisotopic (exact) mass is 388 g/mol. The van der Waals surface area contributed by atoms with Crippen LogP contribution in [-0.2, 0) is 6.54 Å². The second kappa shape index (κ2) is 7.10. The van der Waals surface area contributed by atoms with Crippen molar-refractivity contribution in [2.24, 2.45) is 5.92 Å². The molecule has 136 valence electrons. The van der Waals surface area contributed by atoms with Crippen molar-refractivity contribution < 1.29 is 0 Å². The molecule has 0 radical (unpaired) electrons. The van der Waals surface area contributed by atoms with Gasteiger partial charge < -0.3 is 10.1 Å². The molecule has 1 unspecified atom stereocenters. The maximum absolute atomic E-state index is 6.25. The molecule has 1 atom stereocenters. The molecule has 0 aliphatic carbocycles. The summed E-state index contributed by atoms with van der Waals surface area (Å²) in [4.78, 5) is 7.36. The van der Waals surface area contributed by atoms with E-state index < -0.39 is 0 Å². The molecule has 1 aromatic carbocycles. The van der Waals surface area contributed by atoms with E-state index in [2.05, 4.69) is 16.2 Å². The number of benzene rings is 1. The van der Waals surface area contributed by atoms with E-state index in [4.69, 9.17) is 33.9 Å². The molecule has 3 heterocycles. The number of pyridine rings is 1. The predicted molar refractivity (Wildman–Crippen MR) is 109 cm³/mol. The maximum atomic E-state index is 6.25. The zero-order chi connectivity index (χ0) is 18.3. The van der Waals surface area contributed by atoms with Crippen molar-refractivity contribution in [3.8, 4) is 11.3 Å². The summed E-state index contributed by atoms with van der Waals surface area (Å²) in [6.07, 6.45) is 4.49. The summed E-state index contributed by atoms with van der Waals surface area (Å²) in [7, 11) is 0. The highest BCUT2D eigenvalue weighted by Gasteiger charge is 2.21. The highest BCUT2D eigenvalue weighted by Crippen LogP contribution is 2.32. The number of fused-ring (bicyclic) bond motifs is 1. The van der Waals surface area contributed by atoms with E-state index in [1.54, 1.807) is 0 Å². The SMILES string of the molecule is CC1CCCN(Cc2c(-c3ccc(Cl)c(Cl)c3)nc3ccc(N)cn23)C1. The number of halogens is 2. The number of likely N-dealkylation sites (tertiary alicyclic amines) is 1. The van der Waals surface area contributed by atoms with Crippen LogP contribution in [0.3, 0.4) is 0 Å². The molecular formula is C20H22Cl2N4. The van der Waals surface area contributed by atoms with Gasteiger partial charge in [-0.3, -0.25) is 4.90 Å². The number of hydrogen-bond donors (Lipinski definition) is 1. The third-order valence-electron chi connectivity index (χ3n) is 5.05. The highest BCUT2D eigenvalue weighted by atomic mass is 35.5. The first kappa shape index (κ1) is 17.7. The minimum atomic E-state index is 0.540. The van der Waals surface area contributed by atoms with Gasteiger partial charge in [-0.05, 0) is 49.6 Å². The van der Waals surface area contributed by atoms with E-state index in [-0.39, 0.29) is 0 Å². The number of rotatable bonds is 3. The molecule has 2 N–H and O–H groups in total. The first-order valence-electron chi connectivity index (χ1n) is 8.95. The molecule has 1 aliphatic heterocycles. The molecule has 0 bridgehead atoms. The van der Waals surface area contributed by atoms with Crippen LogP contribution in [0.2, 0.25) is 10.0 Å². The molecule has 1 fully saturated rings. The number of aromatic nitrogens is 2. The molecular weight excluding hydrogens is 367 g/mol. The van der Waals surface area contributed by atoms with Gasteiger partial charge in [0.25, 0.3) is 0 Å². The second-order valence-corrected chi connectivity index (χ2v) is 8.02. The van der Waals surface area contributed by atoms with Crippen molar-refractivity contribution in [2.75, 3.05) is 18.8 Å².